The lowest BCUT2D eigenvalue weighted by molar-refractivity contribution is 0.0157. The predicted octanol–water partition coefficient (Wildman–Crippen LogP) is 3.00. The van der Waals surface area contributed by atoms with Gasteiger partial charge in [-0.2, -0.15) is 0 Å². The van der Waals surface area contributed by atoms with Gasteiger partial charge >= 0.3 is 0 Å². The summed E-state index contributed by atoms with van der Waals surface area (Å²) in [5.41, 5.74) is 0.817. The minimum atomic E-state index is -0.899. The third-order valence-corrected chi connectivity index (χ3v) is 4.16. The van der Waals surface area contributed by atoms with Crippen LogP contribution in [0.3, 0.4) is 0 Å². The summed E-state index contributed by atoms with van der Waals surface area (Å²) in [5, 5.41) is 28.2. The first-order valence-corrected chi connectivity index (χ1v) is 7.63. The van der Waals surface area contributed by atoms with Gasteiger partial charge in [0, 0.05) is 0 Å². The molecule has 114 valence electrons. The minimum Gasteiger partial charge on any atom is -0.390 e. The van der Waals surface area contributed by atoms with Crippen molar-refractivity contribution in [2.75, 3.05) is 13.6 Å². The Hall–Kier alpha value is -1.94. The van der Waals surface area contributed by atoms with Gasteiger partial charge in [0.2, 0.25) is 0 Å². The average Bonchev–Trinajstić information content (AvgIpc) is 2.56. The lowest BCUT2D eigenvalue weighted by Gasteiger charge is -2.22. The predicted molar refractivity (Wildman–Crippen MR) is 91.0 cm³/mol. The first-order valence-electron chi connectivity index (χ1n) is 7.63. The number of aliphatic hydroxyl groups excluding tert-OH is 2. The zero-order valence-corrected chi connectivity index (χ0v) is 12.7. The number of nitrogens with one attached hydrogen (secondary N) is 1. The molecule has 0 aromatic heterocycles. The van der Waals surface area contributed by atoms with E-state index in [-0.39, 0.29) is 0 Å². The Kier molecular flexibility index (Phi) is 4.39. The molecule has 3 nitrogen and oxygen atoms in total. The summed E-state index contributed by atoms with van der Waals surface area (Å²) in [4.78, 5) is 0. The Balaban J connectivity index is 2.19. The Morgan fingerprint density at radius 1 is 0.909 bits per heavy atom. The van der Waals surface area contributed by atoms with Gasteiger partial charge in [-0.1, -0.05) is 48.5 Å². The van der Waals surface area contributed by atoms with Crippen molar-refractivity contribution in [2.24, 2.45) is 0 Å². The molecule has 0 spiro atoms. The van der Waals surface area contributed by atoms with Crippen molar-refractivity contribution in [3.05, 3.63) is 60.2 Å². The van der Waals surface area contributed by atoms with Crippen LogP contribution in [-0.4, -0.2) is 29.9 Å². The Bertz CT molecular complexity index is 731. The molecule has 0 saturated carbocycles. The molecule has 3 rings (SSSR count). The van der Waals surface area contributed by atoms with Crippen LogP contribution >= 0.6 is 0 Å². The first-order chi connectivity index (χ1) is 10.7. The van der Waals surface area contributed by atoms with Gasteiger partial charge in [-0.3, -0.25) is 0 Å². The lowest BCUT2D eigenvalue weighted by atomic mass is 9.90. The van der Waals surface area contributed by atoms with Crippen molar-refractivity contribution in [3.8, 4) is 0 Å². The number of aliphatic hydroxyl groups is 2. The quantitative estimate of drug-likeness (QED) is 0.634. The fourth-order valence-electron chi connectivity index (χ4n) is 3.01. The molecule has 0 fully saturated rings. The SMILES string of the molecule is CNCCC(O)C(O)c1c2ccccc2cc2ccccc12. The molecule has 0 amide bonds. The maximum absolute atomic E-state index is 10.7. The van der Waals surface area contributed by atoms with Crippen LogP contribution in [0.1, 0.15) is 18.1 Å². The third-order valence-electron chi connectivity index (χ3n) is 4.16. The summed E-state index contributed by atoms with van der Waals surface area (Å²) < 4.78 is 0. The van der Waals surface area contributed by atoms with Crippen LogP contribution in [0, 0.1) is 0 Å². The van der Waals surface area contributed by atoms with E-state index in [9.17, 15) is 10.2 Å². The maximum atomic E-state index is 10.7. The normalized spacial score (nSPS) is 14.3. The van der Waals surface area contributed by atoms with Gasteiger partial charge in [-0.25, -0.2) is 0 Å². The molecule has 3 aromatic carbocycles. The third kappa shape index (κ3) is 2.71. The zero-order valence-electron chi connectivity index (χ0n) is 12.7. The number of hydrogen-bond acceptors (Lipinski definition) is 3. The van der Waals surface area contributed by atoms with Gasteiger partial charge in [0.1, 0.15) is 6.10 Å². The fourth-order valence-corrected chi connectivity index (χ4v) is 3.01. The molecule has 0 radical (unpaired) electrons. The smallest absolute Gasteiger partial charge is 0.106 e. The molecular weight excluding hydrogens is 274 g/mol. The summed E-state index contributed by atoms with van der Waals surface area (Å²) in [7, 11) is 1.84. The molecule has 0 aliphatic rings. The Labute approximate surface area is 130 Å². The average molecular weight is 295 g/mol. The van der Waals surface area contributed by atoms with Crippen molar-refractivity contribution in [1.82, 2.24) is 5.32 Å². The zero-order chi connectivity index (χ0) is 15.5. The van der Waals surface area contributed by atoms with E-state index in [1.54, 1.807) is 0 Å². The molecule has 2 atom stereocenters. The Morgan fingerprint density at radius 3 is 2.00 bits per heavy atom. The standard InChI is InChI=1S/C19H21NO2/c1-20-11-10-17(21)19(22)18-15-8-4-2-6-13(15)12-14-7-3-5-9-16(14)18/h2-9,12,17,19-22H,10-11H2,1H3. The first kappa shape index (κ1) is 15.0. The van der Waals surface area contributed by atoms with E-state index in [0.29, 0.717) is 13.0 Å². The largest absolute Gasteiger partial charge is 0.390 e. The van der Waals surface area contributed by atoms with Crippen LogP contribution in [0.2, 0.25) is 0 Å². The molecule has 0 bridgehead atoms. The fraction of sp³-hybridized carbons (Fsp3) is 0.263. The molecule has 3 N–H and O–H groups in total. The topological polar surface area (TPSA) is 52.5 Å². The number of fused-ring (bicyclic) bond motifs is 2. The highest BCUT2D eigenvalue weighted by molar-refractivity contribution is 6.02. The molecule has 0 aliphatic carbocycles. The van der Waals surface area contributed by atoms with E-state index in [2.05, 4.69) is 11.4 Å². The van der Waals surface area contributed by atoms with E-state index in [4.69, 9.17) is 0 Å². The molecule has 0 saturated heterocycles. The highest BCUT2D eigenvalue weighted by Gasteiger charge is 2.22. The van der Waals surface area contributed by atoms with Crippen LogP contribution in [0.5, 0.6) is 0 Å². The summed E-state index contributed by atoms with van der Waals surface area (Å²) in [6, 6.07) is 18.1. The van der Waals surface area contributed by atoms with Crippen LogP contribution in [-0.2, 0) is 0 Å². The second-order valence-electron chi connectivity index (χ2n) is 5.64. The van der Waals surface area contributed by atoms with Crippen molar-refractivity contribution in [2.45, 2.75) is 18.6 Å². The van der Waals surface area contributed by atoms with Gasteiger partial charge in [-0.05, 0) is 53.2 Å². The molecule has 3 aromatic rings. The number of hydrogen-bond donors (Lipinski definition) is 3. The Morgan fingerprint density at radius 2 is 1.45 bits per heavy atom. The van der Waals surface area contributed by atoms with Gasteiger partial charge in [-0.15, -0.1) is 0 Å². The highest BCUT2D eigenvalue weighted by Crippen LogP contribution is 2.34. The van der Waals surface area contributed by atoms with Crippen LogP contribution in [0.15, 0.2) is 54.6 Å². The van der Waals surface area contributed by atoms with Crippen molar-refractivity contribution >= 4 is 21.5 Å². The monoisotopic (exact) mass is 295 g/mol. The van der Waals surface area contributed by atoms with Crippen molar-refractivity contribution in [3.63, 3.8) is 0 Å². The van der Waals surface area contributed by atoms with Crippen molar-refractivity contribution < 1.29 is 10.2 Å². The van der Waals surface area contributed by atoms with Gasteiger partial charge in [0.15, 0.2) is 0 Å². The van der Waals surface area contributed by atoms with E-state index in [1.807, 2.05) is 55.6 Å². The second kappa shape index (κ2) is 6.44. The summed E-state index contributed by atoms with van der Waals surface area (Å²) in [6.45, 7) is 0.668. The van der Waals surface area contributed by atoms with Crippen LogP contribution < -0.4 is 5.32 Å². The second-order valence-corrected chi connectivity index (χ2v) is 5.64. The van der Waals surface area contributed by atoms with E-state index in [1.165, 1.54) is 0 Å². The van der Waals surface area contributed by atoms with E-state index in [0.717, 1.165) is 27.1 Å². The molecule has 3 heteroatoms. The highest BCUT2D eigenvalue weighted by atomic mass is 16.3. The van der Waals surface area contributed by atoms with E-state index < -0.39 is 12.2 Å². The summed E-state index contributed by atoms with van der Waals surface area (Å²) in [5.74, 6) is 0. The number of benzene rings is 3. The summed E-state index contributed by atoms with van der Waals surface area (Å²) in [6.07, 6.45) is -1.18. The molecule has 2 unspecified atom stereocenters. The van der Waals surface area contributed by atoms with Crippen molar-refractivity contribution in [1.29, 1.82) is 0 Å². The minimum absolute atomic E-state index is 0.509. The maximum Gasteiger partial charge on any atom is 0.106 e. The molecule has 22 heavy (non-hydrogen) atoms. The van der Waals surface area contributed by atoms with Gasteiger partial charge in [0.05, 0.1) is 6.10 Å². The molecule has 0 heterocycles. The lowest BCUT2D eigenvalue weighted by Crippen LogP contribution is -2.23. The molecular formula is C19H21NO2. The summed E-state index contributed by atoms with van der Waals surface area (Å²) >= 11 is 0. The van der Waals surface area contributed by atoms with Gasteiger partial charge < -0.3 is 15.5 Å². The van der Waals surface area contributed by atoms with Crippen LogP contribution in [0.25, 0.3) is 21.5 Å². The van der Waals surface area contributed by atoms with Crippen LogP contribution in [0.4, 0.5) is 0 Å². The van der Waals surface area contributed by atoms with Gasteiger partial charge in [0.25, 0.3) is 0 Å². The van der Waals surface area contributed by atoms with E-state index >= 15 is 0 Å². The molecule has 0 aliphatic heterocycles. The number of rotatable bonds is 5.